The molecule has 1 N–H and O–H groups in total. The van der Waals surface area contributed by atoms with Gasteiger partial charge in [0.1, 0.15) is 5.82 Å². The minimum atomic E-state index is -0.703. The number of carbonyl (C=O) groups is 1. The maximum absolute atomic E-state index is 14.2. The summed E-state index contributed by atoms with van der Waals surface area (Å²) in [6, 6.07) is 12.7. The minimum absolute atomic E-state index is 0.173. The number of aryl methyl sites for hydroxylation is 1. The fourth-order valence-corrected chi connectivity index (χ4v) is 5.33. The molecule has 9 nitrogen and oxygen atoms in total. The van der Waals surface area contributed by atoms with Crippen LogP contribution in [0.5, 0.6) is 0 Å². The average molecular weight is 456 g/mol. The maximum Gasteiger partial charge on any atom is 0.177 e. The summed E-state index contributed by atoms with van der Waals surface area (Å²) in [5, 5.41) is 10.1. The molecule has 170 valence electrons. The lowest BCUT2D eigenvalue weighted by Gasteiger charge is -2.24. The number of aromatic nitrogens is 2. The Kier molecular flexibility index (Phi) is 4.56. The summed E-state index contributed by atoms with van der Waals surface area (Å²) in [5.74, 6) is 0.401. The lowest BCUT2D eigenvalue weighted by Crippen LogP contribution is -2.42. The van der Waals surface area contributed by atoms with Gasteiger partial charge in [0.2, 0.25) is 0 Å². The second kappa shape index (κ2) is 7.64. The molecule has 0 amide bonds. The van der Waals surface area contributed by atoms with Crippen molar-refractivity contribution in [1.29, 1.82) is 0 Å². The minimum Gasteiger partial charge on any atom is -0.350 e. The van der Waals surface area contributed by atoms with Gasteiger partial charge in [-0.2, -0.15) is 5.10 Å². The van der Waals surface area contributed by atoms with Gasteiger partial charge in [-0.3, -0.25) is 15.1 Å². The number of fused-ring (bicyclic) bond motifs is 4. The molecular formula is C24H21FN8O. The summed E-state index contributed by atoms with van der Waals surface area (Å²) >= 11 is 0. The fraction of sp³-hybridized carbons (Fsp3) is 0.250. The summed E-state index contributed by atoms with van der Waals surface area (Å²) in [6.45, 7) is 1.14. The summed E-state index contributed by atoms with van der Waals surface area (Å²) < 4.78 is 18.4. The molecule has 10 heteroatoms. The molecular weight excluding hydrogens is 435 g/mol. The molecule has 0 radical (unpaired) electrons. The number of carbonyl (C=O) groups excluding carboxylic acids is 1. The molecule has 0 bridgehead atoms. The smallest absolute Gasteiger partial charge is 0.177 e. The number of azide groups is 1. The zero-order chi connectivity index (χ0) is 23.4. The first-order valence-electron chi connectivity index (χ1n) is 11.0. The molecule has 2 unspecified atom stereocenters. The predicted octanol–water partition coefficient (Wildman–Crippen LogP) is 4.05. The van der Waals surface area contributed by atoms with E-state index in [1.54, 1.807) is 6.07 Å². The van der Waals surface area contributed by atoms with Crippen molar-refractivity contribution in [2.75, 3.05) is 11.4 Å². The number of aldehydes is 1. The van der Waals surface area contributed by atoms with E-state index >= 15 is 0 Å². The molecule has 0 saturated heterocycles. The number of amidine groups is 1. The average Bonchev–Trinajstić information content (AvgIpc) is 3.58. The van der Waals surface area contributed by atoms with E-state index in [0.29, 0.717) is 18.8 Å². The van der Waals surface area contributed by atoms with E-state index in [-0.39, 0.29) is 11.7 Å². The van der Waals surface area contributed by atoms with Gasteiger partial charge in [-0.1, -0.05) is 23.3 Å². The zero-order valence-corrected chi connectivity index (χ0v) is 18.4. The summed E-state index contributed by atoms with van der Waals surface area (Å²) in [5.41, 5.74) is 16.4. The lowest BCUT2D eigenvalue weighted by molar-refractivity contribution is -0.109. The van der Waals surface area contributed by atoms with Gasteiger partial charge in [-0.15, -0.1) is 0 Å². The Hall–Kier alpha value is -4.30. The van der Waals surface area contributed by atoms with Crippen LogP contribution >= 0.6 is 0 Å². The van der Waals surface area contributed by atoms with E-state index in [4.69, 9.17) is 5.53 Å². The molecule has 2 atom stereocenters. The summed E-state index contributed by atoms with van der Waals surface area (Å²) in [7, 11) is 1.90. The van der Waals surface area contributed by atoms with Crippen LogP contribution in [0.15, 0.2) is 58.9 Å². The Balaban J connectivity index is 1.55. The first-order valence-corrected chi connectivity index (χ1v) is 11.0. The van der Waals surface area contributed by atoms with Crippen LogP contribution in [0, 0.1) is 11.7 Å². The molecule has 2 aromatic heterocycles. The van der Waals surface area contributed by atoms with Crippen molar-refractivity contribution in [2.45, 2.75) is 19.1 Å². The van der Waals surface area contributed by atoms with Crippen LogP contribution in [0.3, 0.4) is 0 Å². The van der Waals surface area contributed by atoms with Gasteiger partial charge >= 0.3 is 0 Å². The highest BCUT2D eigenvalue weighted by molar-refractivity contribution is 6.21. The highest BCUT2D eigenvalue weighted by Gasteiger charge is 2.38. The standard InChI is InChI=1S/C24H21FN8O/c1-31-12-18(17-9-15(25)6-7-19(17)31)24-29-28-22(13-34)33(24)23-16-4-2-3-5-20(16)32-11-14(8-21(23)32)10-27-30-26/h2-7,9,12-14,22,28H,8,10-11H2,1H3. The predicted molar refractivity (Wildman–Crippen MR) is 128 cm³/mol. The third kappa shape index (κ3) is 2.89. The van der Waals surface area contributed by atoms with Gasteiger partial charge in [0, 0.05) is 58.8 Å². The molecule has 2 aliphatic heterocycles. The number of hydrazone groups is 1. The SMILES string of the molecule is Cn1cc(C2=NNC(C=O)N2c2c3n(c4ccccc24)CC(CN=[N+]=[N-])C3)c2cc(F)ccc21. The van der Waals surface area contributed by atoms with E-state index in [1.165, 1.54) is 12.1 Å². The third-order valence-corrected chi connectivity index (χ3v) is 6.75. The van der Waals surface area contributed by atoms with E-state index in [9.17, 15) is 9.18 Å². The maximum atomic E-state index is 14.2. The largest absolute Gasteiger partial charge is 0.350 e. The number of benzene rings is 2. The summed E-state index contributed by atoms with van der Waals surface area (Å²) in [4.78, 5) is 17.0. The number of nitrogens with zero attached hydrogens (tertiary/aromatic N) is 7. The van der Waals surface area contributed by atoms with Gasteiger partial charge in [0.05, 0.1) is 11.2 Å². The van der Waals surface area contributed by atoms with Gasteiger partial charge in [-0.05, 0) is 42.1 Å². The molecule has 4 aromatic rings. The molecule has 2 aromatic carbocycles. The van der Waals surface area contributed by atoms with Crippen LogP contribution < -0.4 is 10.3 Å². The third-order valence-electron chi connectivity index (χ3n) is 6.75. The van der Waals surface area contributed by atoms with E-state index in [0.717, 1.165) is 51.6 Å². The lowest BCUT2D eigenvalue weighted by atomic mass is 10.0. The van der Waals surface area contributed by atoms with Gasteiger partial charge < -0.3 is 9.13 Å². The Morgan fingerprint density at radius 3 is 2.94 bits per heavy atom. The van der Waals surface area contributed by atoms with Crippen LogP contribution in [0.4, 0.5) is 10.1 Å². The molecule has 2 aliphatic rings. The van der Waals surface area contributed by atoms with Crippen molar-refractivity contribution < 1.29 is 9.18 Å². The van der Waals surface area contributed by atoms with Crippen molar-refractivity contribution in [2.24, 2.45) is 23.2 Å². The first kappa shape index (κ1) is 20.3. The van der Waals surface area contributed by atoms with E-state index in [2.05, 4.69) is 31.2 Å². The monoisotopic (exact) mass is 456 g/mol. The summed E-state index contributed by atoms with van der Waals surface area (Å²) in [6.07, 6.45) is 2.74. The van der Waals surface area contributed by atoms with Gasteiger partial charge in [0.15, 0.2) is 18.3 Å². The Morgan fingerprint density at radius 1 is 1.26 bits per heavy atom. The van der Waals surface area contributed by atoms with Crippen LogP contribution in [-0.4, -0.2) is 34.0 Å². The first-order chi connectivity index (χ1) is 16.6. The number of para-hydroxylation sites is 1. The molecule has 34 heavy (non-hydrogen) atoms. The van der Waals surface area contributed by atoms with Crippen molar-refractivity contribution >= 4 is 39.6 Å². The number of hydrogen-bond acceptors (Lipinski definition) is 5. The van der Waals surface area contributed by atoms with E-state index < -0.39 is 6.17 Å². The molecule has 0 fully saturated rings. The Morgan fingerprint density at radius 2 is 2.12 bits per heavy atom. The van der Waals surface area contributed by atoms with Crippen molar-refractivity contribution in [3.05, 3.63) is 76.2 Å². The number of rotatable bonds is 5. The van der Waals surface area contributed by atoms with Crippen LogP contribution in [0.1, 0.15) is 11.3 Å². The van der Waals surface area contributed by atoms with Gasteiger partial charge in [0.25, 0.3) is 0 Å². The van der Waals surface area contributed by atoms with Crippen LogP contribution in [0.2, 0.25) is 0 Å². The highest BCUT2D eigenvalue weighted by atomic mass is 19.1. The fourth-order valence-electron chi connectivity index (χ4n) is 5.33. The highest BCUT2D eigenvalue weighted by Crippen LogP contribution is 2.42. The Bertz CT molecular complexity index is 1540. The van der Waals surface area contributed by atoms with Crippen LogP contribution in [-0.2, 0) is 24.8 Å². The second-order valence-electron chi connectivity index (χ2n) is 8.74. The Labute approximate surface area is 193 Å². The second-order valence-corrected chi connectivity index (χ2v) is 8.74. The number of halogens is 1. The number of nitrogens with one attached hydrogen (secondary N) is 1. The molecule has 0 spiro atoms. The van der Waals surface area contributed by atoms with Crippen molar-refractivity contribution in [3.63, 3.8) is 0 Å². The van der Waals surface area contributed by atoms with Gasteiger partial charge in [-0.25, -0.2) is 4.39 Å². The topological polar surface area (TPSA) is 103 Å². The molecule has 0 saturated carbocycles. The van der Waals surface area contributed by atoms with Crippen molar-refractivity contribution in [1.82, 2.24) is 14.6 Å². The molecule has 6 rings (SSSR count). The van der Waals surface area contributed by atoms with E-state index in [1.807, 2.05) is 40.9 Å². The number of anilines is 1. The van der Waals surface area contributed by atoms with Crippen molar-refractivity contribution in [3.8, 4) is 0 Å². The normalized spacial score (nSPS) is 19.2. The zero-order valence-electron chi connectivity index (χ0n) is 18.4. The number of hydrogen-bond donors (Lipinski definition) is 1. The molecule has 0 aliphatic carbocycles. The quantitative estimate of drug-likeness (QED) is 0.212. The van der Waals surface area contributed by atoms with Crippen LogP contribution in [0.25, 0.3) is 32.2 Å². The molecule has 4 heterocycles.